The molecule has 4 aromatic rings. The molecule has 1 aromatic carbocycles. The van der Waals surface area contributed by atoms with Crippen molar-refractivity contribution in [3.05, 3.63) is 40.0 Å². The molecule has 5 rings (SSSR count). The highest BCUT2D eigenvalue weighted by Crippen LogP contribution is 2.32. The fourth-order valence-electron chi connectivity index (χ4n) is 4.08. The Morgan fingerprint density at radius 1 is 1.10 bits per heavy atom. The normalized spacial score (nSPS) is 15.8. The van der Waals surface area contributed by atoms with Gasteiger partial charge >= 0.3 is 0 Å². The molecule has 0 aliphatic carbocycles. The predicted octanol–water partition coefficient (Wildman–Crippen LogP) is 3.25. The summed E-state index contributed by atoms with van der Waals surface area (Å²) >= 11 is 1.51. The largest absolute Gasteiger partial charge is 0.397 e. The number of fused-ring (bicyclic) bond motifs is 2. The predicted molar refractivity (Wildman–Crippen MR) is 121 cm³/mol. The minimum atomic E-state index is -0.225. The number of aromatic nitrogens is 3. The summed E-state index contributed by atoms with van der Waals surface area (Å²) in [4.78, 5) is 28.4. The Balaban J connectivity index is 1.50. The molecule has 0 spiro atoms. The third-order valence-corrected chi connectivity index (χ3v) is 6.71. The number of thiophene rings is 1. The molecule has 0 bridgehead atoms. The molecule has 7 nitrogen and oxygen atoms in total. The Morgan fingerprint density at radius 3 is 2.66 bits per heavy atom. The Morgan fingerprint density at radius 2 is 1.90 bits per heavy atom. The van der Waals surface area contributed by atoms with Crippen molar-refractivity contribution < 1.29 is 0 Å². The second-order valence-electron chi connectivity index (χ2n) is 7.81. The number of pyridine rings is 1. The van der Waals surface area contributed by atoms with Crippen molar-refractivity contribution in [1.82, 2.24) is 19.9 Å². The second-order valence-corrected chi connectivity index (χ2v) is 8.73. The van der Waals surface area contributed by atoms with E-state index in [0.29, 0.717) is 23.1 Å². The number of nitrogens with zero attached hydrogens (tertiary/aromatic N) is 3. The van der Waals surface area contributed by atoms with Gasteiger partial charge in [0.25, 0.3) is 5.56 Å². The maximum Gasteiger partial charge on any atom is 0.261 e. The fraction of sp³-hybridized carbons (Fsp3) is 0.333. The number of hydrogen-bond acceptors (Lipinski definition) is 6. The average Bonchev–Trinajstić information content (AvgIpc) is 3.34. The molecule has 1 aliphatic rings. The summed E-state index contributed by atoms with van der Waals surface area (Å²) in [5, 5.41) is 1.92. The smallest absolute Gasteiger partial charge is 0.261 e. The maximum atomic E-state index is 12.6. The van der Waals surface area contributed by atoms with Crippen molar-refractivity contribution in [2.75, 3.05) is 36.8 Å². The van der Waals surface area contributed by atoms with Crippen LogP contribution in [0, 0.1) is 0 Å². The van der Waals surface area contributed by atoms with Crippen LogP contribution < -0.4 is 16.2 Å². The molecule has 0 unspecified atom stereocenters. The van der Waals surface area contributed by atoms with Gasteiger partial charge in [-0.1, -0.05) is 0 Å². The minimum absolute atomic E-state index is 0.225. The monoisotopic (exact) mass is 408 g/mol. The van der Waals surface area contributed by atoms with Crippen molar-refractivity contribution in [3.63, 3.8) is 0 Å². The third kappa shape index (κ3) is 3.08. The third-order valence-electron chi connectivity index (χ3n) is 5.77. The van der Waals surface area contributed by atoms with Gasteiger partial charge in [0.05, 0.1) is 26.9 Å². The zero-order valence-corrected chi connectivity index (χ0v) is 17.3. The molecule has 0 amide bonds. The molecule has 0 atom stereocenters. The van der Waals surface area contributed by atoms with Gasteiger partial charge in [0.1, 0.15) is 11.4 Å². The minimum Gasteiger partial charge on any atom is -0.397 e. The quantitative estimate of drug-likeness (QED) is 0.484. The number of rotatable bonds is 3. The summed E-state index contributed by atoms with van der Waals surface area (Å²) < 4.78 is 0.878. The number of nitrogens with two attached hydrogens (primary N) is 1. The van der Waals surface area contributed by atoms with Crippen LogP contribution in [0.25, 0.3) is 32.6 Å². The van der Waals surface area contributed by atoms with Crippen LogP contribution in [0.5, 0.6) is 0 Å². The molecular weight excluding hydrogens is 384 g/mol. The van der Waals surface area contributed by atoms with Crippen LogP contribution >= 0.6 is 11.3 Å². The van der Waals surface area contributed by atoms with Crippen LogP contribution in [0.2, 0.25) is 0 Å². The summed E-state index contributed by atoms with van der Waals surface area (Å²) in [5.74, 6) is 0.510. The molecule has 4 heterocycles. The van der Waals surface area contributed by atoms with Crippen LogP contribution in [0.1, 0.15) is 13.8 Å². The van der Waals surface area contributed by atoms with Crippen LogP contribution in [-0.2, 0) is 0 Å². The first-order valence-electron chi connectivity index (χ1n) is 9.89. The molecule has 0 saturated carbocycles. The number of aromatic amines is 2. The number of imidazole rings is 1. The van der Waals surface area contributed by atoms with Gasteiger partial charge in [-0.2, -0.15) is 0 Å². The standard InChI is InChI=1S/C21H24N6OS/c1-12(2)26-6-8-27(9-7-26)13-3-4-14-16(11-13)24-20(23-14)17-18(22)19-15(5-10-29-19)25-21(17)28/h3-5,10-12H,6-9H2,1-2H3,(H,23,24)(H3,22,25,28). The van der Waals surface area contributed by atoms with E-state index in [-0.39, 0.29) is 5.56 Å². The van der Waals surface area contributed by atoms with Crippen molar-refractivity contribution >= 4 is 44.0 Å². The molecule has 1 aliphatic heterocycles. The zero-order valence-electron chi connectivity index (χ0n) is 16.5. The van der Waals surface area contributed by atoms with E-state index in [4.69, 9.17) is 5.73 Å². The number of piperazine rings is 1. The number of anilines is 2. The van der Waals surface area contributed by atoms with Crippen molar-refractivity contribution in [2.24, 2.45) is 0 Å². The zero-order chi connectivity index (χ0) is 20.1. The van der Waals surface area contributed by atoms with E-state index in [2.05, 4.69) is 50.7 Å². The van der Waals surface area contributed by atoms with E-state index in [1.54, 1.807) is 0 Å². The summed E-state index contributed by atoms with van der Waals surface area (Å²) in [7, 11) is 0. The van der Waals surface area contributed by atoms with Gasteiger partial charge in [-0.05, 0) is 43.5 Å². The average molecular weight is 409 g/mol. The summed E-state index contributed by atoms with van der Waals surface area (Å²) in [6.45, 7) is 8.63. The highest BCUT2D eigenvalue weighted by molar-refractivity contribution is 7.17. The van der Waals surface area contributed by atoms with Gasteiger partial charge < -0.3 is 20.6 Å². The highest BCUT2D eigenvalue weighted by atomic mass is 32.1. The maximum absolute atomic E-state index is 12.6. The summed E-state index contributed by atoms with van der Waals surface area (Å²) in [6, 6.07) is 8.68. The number of nitrogens with one attached hydrogen (secondary N) is 2. The van der Waals surface area contributed by atoms with Gasteiger partial charge in [0.2, 0.25) is 0 Å². The first kappa shape index (κ1) is 18.2. The fourth-order valence-corrected chi connectivity index (χ4v) is 4.90. The molecule has 4 N–H and O–H groups in total. The van der Waals surface area contributed by atoms with Gasteiger partial charge in [-0.15, -0.1) is 11.3 Å². The first-order valence-corrected chi connectivity index (χ1v) is 10.8. The number of benzene rings is 1. The number of hydrogen-bond donors (Lipinski definition) is 3. The van der Waals surface area contributed by atoms with Gasteiger partial charge in [-0.25, -0.2) is 4.98 Å². The van der Waals surface area contributed by atoms with E-state index < -0.39 is 0 Å². The van der Waals surface area contributed by atoms with Crippen LogP contribution in [-0.4, -0.2) is 52.1 Å². The molecule has 1 saturated heterocycles. The second kappa shape index (κ2) is 6.89. The topological polar surface area (TPSA) is 94.0 Å². The van der Waals surface area contributed by atoms with Crippen molar-refractivity contribution in [1.29, 1.82) is 0 Å². The van der Waals surface area contributed by atoms with E-state index >= 15 is 0 Å². The Kier molecular flexibility index (Phi) is 4.33. The SMILES string of the molecule is CC(C)N1CCN(c2ccc3nc(-c4c(N)c5sccc5[nH]c4=O)[nH]c3c2)CC1. The lowest BCUT2D eigenvalue weighted by Gasteiger charge is -2.38. The van der Waals surface area contributed by atoms with Crippen LogP contribution in [0.4, 0.5) is 11.4 Å². The molecule has 0 radical (unpaired) electrons. The lowest BCUT2D eigenvalue weighted by Crippen LogP contribution is -2.48. The van der Waals surface area contributed by atoms with E-state index in [1.165, 1.54) is 17.0 Å². The van der Waals surface area contributed by atoms with E-state index in [0.717, 1.165) is 47.4 Å². The Bertz CT molecular complexity index is 1250. The molecule has 29 heavy (non-hydrogen) atoms. The molecule has 1 fully saturated rings. The summed E-state index contributed by atoms with van der Waals surface area (Å²) in [5.41, 5.74) is 10.7. The Hall–Kier alpha value is -2.84. The molecule has 3 aromatic heterocycles. The van der Waals surface area contributed by atoms with E-state index in [1.807, 2.05) is 17.5 Å². The van der Waals surface area contributed by atoms with E-state index in [9.17, 15) is 4.79 Å². The molecular formula is C21H24N6OS. The molecule has 150 valence electrons. The van der Waals surface area contributed by atoms with Gasteiger partial charge in [0, 0.05) is 37.9 Å². The first-order chi connectivity index (χ1) is 14.0. The number of H-pyrrole nitrogens is 2. The van der Waals surface area contributed by atoms with Crippen molar-refractivity contribution in [2.45, 2.75) is 19.9 Å². The highest BCUT2D eigenvalue weighted by Gasteiger charge is 2.20. The number of nitrogen functional groups attached to an aromatic ring is 1. The lowest BCUT2D eigenvalue weighted by molar-refractivity contribution is 0.209. The Labute approximate surface area is 172 Å². The lowest BCUT2D eigenvalue weighted by atomic mass is 10.2. The molecule has 8 heteroatoms. The van der Waals surface area contributed by atoms with Crippen LogP contribution in [0.15, 0.2) is 34.4 Å². The van der Waals surface area contributed by atoms with Crippen molar-refractivity contribution in [3.8, 4) is 11.4 Å². The van der Waals surface area contributed by atoms with Gasteiger partial charge in [-0.3, -0.25) is 9.69 Å². The van der Waals surface area contributed by atoms with Crippen LogP contribution in [0.3, 0.4) is 0 Å². The summed E-state index contributed by atoms with van der Waals surface area (Å²) in [6.07, 6.45) is 0. The van der Waals surface area contributed by atoms with Gasteiger partial charge in [0.15, 0.2) is 0 Å².